The highest BCUT2D eigenvalue weighted by Crippen LogP contribution is 2.29. The third kappa shape index (κ3) is 5.89. The Morgan fingerprint density at radius 1 is 1.19 bits per heavy atom. The first-order chi connectivity index (χ1) is 12.9. The number of hydrogen-bond acceptors (Lipinski definition) is 6. The van der Waals surface area contributed by atoms with Gasteiger partial charge in [-0.3, -0.25) is 14.9 Å². The minimum absolute atomic E-state index is 0.0579. The summed E-state index contributed by atoms with van der Waals surface area (Å²) in [6.45, 7) is 1.89. The molecule has 0 radical (unpaired) electrons. The van der Waals surface area contributed by atoms with E-state index < -0.39 is 4.92 Å². The van der Waals surface area contributed by atoms with Gasteiger partial charge in [0.05, 0.1) is 30.9 Å². The highest BCUT2D eigenvalue weighted by atomic mass is 32.2. The number of rotatable bonds is 9. The molecule has 1 atom stereocenters. The number of nitrogens with one attached hydrogen (secondary N) is 1. The van der Waals surface area contributed by atoms with E-state index in [0.717, 1.165) is 11.1 Å². The Morgan fingerprint density at radius 2 is 1.89 bits per heavy atom. The molecular weight excluding hydrogens is 368 g/mol. The zero-order valence-corrected chi connectivity index (χ0v) is 16.2. The van der Waals surface area contributed by atoms with Crippen molar-refractivity contribution in [2.45, 2.75) is 18.7 Å². The molecule has 0 spiro atoms. The molecule has 144 valence electrons. The number of ether oxygens (including phenoxy) is 2. The van der Waals surface area contributed by atoms with E-state index in [1.165, 1.54) is 23.9 Å². The smallest absolute Gasteiger partial charge is 0.269 e. The minimum Gasteiger partial charge on any atom is -0.497 e. The van der Waals surface area contributed by atoms with Crippen molar-refractivity contribution in [2.24, 2.45) is 0 Å². The second-order valence-corrected chi connectivity index (χ2v) is 6.80. The molecule has 0 aliphatic rings. The number of nitro benzene ring substituents is 1. The van der Waals surface area contributed by atoms with Crippen LogP contribution in [-0.4, -0.2) is 30.8 Å². The zero-order chi connectivity index (χ0) is 19.8. The van der Waals surface area contributed by atoms with Gasteiger partial charge in [-0.1, -0.05) is 12.1 Å². The minimum atomic E-state index is -0.432. The van der Waals surface area contributed by atoms with Gasteiger partial charge in [0.2, 0.25) is 5.91 Å². The fraction of sp³-hybridized carbons (Fsp3) is 0.316. The molecule has 0 saturated carbocycles. The molecule has 0 saturated heterocycles. The molecule has 2 aromatic rings. The van der Waals surface area contributed by atoms with E-state index in [2.05, 4.69) is 5.32 Å². The summed E-state index contributed by atoms with van der Waals surface area (Å²) in [5, 5.41) is 13.6. The van der Waals surface area contributed by atoms with Gasteiger partial charge in [-0.2, -0.15) is 0 Å². The van der Waals surface area contributed by atoms with Gasteiger partial charge in [-0.05, 0) is 30.7 Å². The summed E-state index contributed by atoms with van der Waals surface area (Å²) >= 11 is 1.45. The first-order valence-corrected chi connectivity index (χ1v) is 9.42. The fourth-order valence-corrected chi connectivity index (χ4v) is 3.31. The predicted octanol–water partition coefficient (Wildman–Crippen LogP) is 3.72. The monoisotopic (exact) mass is 390 g/mol. The number of nitro groups is 1. The number of nitrogens with zero attached hydrogens (tertiary/aromatic N) is 1. The van der Waals surface area contributed by atoms with Crippen LogP contribution in [0, 0.1) is 10.1 Å². The maximum absolute atomic E-state index is 12.2. The number of hydrogen-bond donors (Lipinski definition) is 1. The van der Waals surface area contributed by atoms with Crippen molar-refractivity contribution in [1.82, 2.24) is 5.32 Å². The summed E-state index contributed by atoms with van der Waals surface area (Å²) in [7, 11) is 3.17. The van der Waals surface area contributed by atoms with Gasteiger partial charge >= 0.3 is 0 Å². The van der Waals surface area contributed by atoms with Crippen molar-refractivity contribution < 1.29 is 19.2 Å². The Hall–Kier alpha value is -2.74. The standard InChI is InChI=1S/C19H22N2O5S/c1-13(17-10-16(25-2)8-9-18(17)26-3)20-19(22)12-27-11-14-4-6-15(7-5-14)21(23)24/h4-10,13H,11-12H2,1-3H3,(H,20,22)/t13-/m0/s1. The molecule has 0 fully saturated rings. The average molecular weight is 390 g/mol. The highest BCUT2D eigenvalue weighted by molar-refractivity contribution is 7.99. The van der Waals surface area contributed by atoms with Crippen LogP contribution in [-0.2, 0) is 10.5 Å². The van der Waals surface area contributed by atoms with Crippen molar-refractivity contribution in [1.29, 1.82) is 0 Å². The third-order valence-corrected chi connectivity index (χ3v) is 4.93. The van der Waals surface area contributed by atoms with E-state index in [1.54, 1.807) is 38.5 Å². The molecule has 8 heteroatoms. The fourth-order valence-electron chi connectivity index (χ4n) is 2.51. The molecule has 7 nitrogen and oxygen atoms in total. The van der Waals surface area contributed by atoms with Crippen LogP contribution in [0.15, 0.2) is 42.5 Å². The van der Waals surface area contributed by atoms with E-state index in [-0.39, 0.29) is 23.4 Å². The molecule has 27 heavy (non-hydrogen) atoms. The molecule has 0 unspecified atom stereocenters. The molecule has 2 aromatic carbocycles. The Bertz CT molecular complexity index is 795. The van der Waals surface area contributed by atoms with Gasteiger partial charge in [0.25, 0.3) is 5.69 Å². The zero-order valence-electron chi connectivity index (χ0n) is 15.4. The van der Waals surface area contributed by atoms with Gasteiger partial charge in [-0.25, -0.2) is 0 Å². The maximum atomic E-state index is 12.2. The van der Waals surface area contributed by atoms with Crippen LogP contribution in [0.3, 0.4) is 0 Å². The lowest BCUT2D eigenvalue weighted by Crippen LogP contribution is -2.28. The lowest BCUT2D eigenvalue weighted by Gasteiger charge is -2.18. The Kier molecular flexibility index (Phi) is 7.48. The molecule has 0 aromatic heterocycles. The third-order valence-electron chi connectivity index (χ3n) is 3.93. The van der Waals surface area contributed by atoms with E-state index >= 15 is 0 Å². The number of carbonyl (C=O) groups excluding carboxylic acids is 1. The quantitative estimate of drug-likeness (QED) is 0.518. The van der Waals surface area contributed by atoms with Crippen molar-refractivity contribution in [2.75, 3.05) is 20.0 Å². The summed E-state index contributed by atoms with van der Waals surface area (Å²) in [4.78, 5) is 22.4. The number of non-ortho nitro benzene ring substituents is 1. The molecule has 1 N–H and O–H groups in total. The first kappa shape index (κ1) is 20.6. The SMILES string of the molecule is COc1ccc(OC)c([C@H](C)NC(=O)CSCc2ccc([N+](=O)[O-])cc2)c1. The summed E-state index contributed by atoms with van der Waals surface area (Å²) < 4.78 is 10.6. The Morgan fingerprint density at radius 3 is 2.48 bits per heavy atom. The maximum Gasteiger partial charge on any atom is 0.269 e. The second-order valence-electron chi connectivity index (χ2n) is 5.81. The number of benzene rings is 2. The lowest BCUT2D eigenvalue weighted by atomic mass is 10.1. The summed E-state index contributed by atoms with van der Waals surface area (Å²) in [6, 6.07) is 11.5. The van der Waals surface area contributed by atoms with Gasteiger partial charge in [0.1, 0.15) is 11.5 Å². The topological polar surface area (TPSA) is 90.7 Å². The molecule has 0 bridgehead atoms. The second kappa shape index (κ2) is 9.82. The first-order valence-electron chi connectivity index (χ1n) is 8.27. The van der Waals surface area contributed by atoms with E-state index in [0.29, 0.717) is 17.3 Å². The van der Waals surface area contributed by atoms with E-state index in [1.807, 2.05) is 13.0 Å². The molecule has 0 aliphatic heterocycles. The van der Waals surface area contributed by atoms with Crippen LogP contribution in [0.25, 0.3) is 0 Å². The largest absolute Gasteiger partial charge is 0.497 e. The summed E-state index contributed by atoms with van der Waals surface area (Å²) in [5.74, 6) is 2.16. The van der Waals surface area contributed by atoms with Crippen LogP contribution >= 0.6 is 11.8 Å². The van der Waals surface area contributed by atoms with Crippen molar-refractivity contribution >= 4 is 23.4 Å². The van der Waals surface area contributed by atoms with Crippen molar-refractivity contribution in [3.05, 3.63) is 63.7 Å². The molecular formula is C19H22N2O5S. The van der Waals surface area contributed by atoms with Crippen molar-refractivity contribution in [3.8, 4) is 11.5 Å². The van der Waals surface area contributed by atoms with Crippen molar-refractivity contribution in [3.63, 3.8) is 0 Å². The number of thioether (sulfide) groups is 1. The molecule has 0 heterocycles. The Labute approximate surface area is 162 Å². The van der Waals surface area contributed by atoms with Crippen LogP contribution in [0.5, 0.6) is 11.5 Å². The van der Waals surface area contributed by atoms with Gasteiger partial charge in [0, 0.05) is 23.4 Å². The average Bonchev–Trinajstić information content (AvgIpc) is 2.67. The number of methoxy groups -OCH3 is 2. The van der Waals surface area contributed by atoms with E-state index in [4.69, 9.17) is 9.47 Å². The van der Waals surface area contributed by atoms with Gasteiger partial charge in [0.15, 0.2) is 0 Å². The van der Waals surface area contributed by atoms with Gasteiger partial charge in [-0.15, -0.1) is 11.8 Å². The molecule has 0 aliphatic carbocycles. The molecule has 2 rings (SSSR count). The van der Waals surface area contributed by atoms with Crippen LogP contribution in [0.2, 0.25) is 0 Å². The lowest BCUT2D eigenvalue weighted by molar-refractivity contribution is -0.384. The Balaban J connectivity index is 1.87. The van der Waals surface area contributed by atoms with Crippen LogP contribution in [0.1, 0.15) is 24.1 Å². The highest BCUT2D eigenvalue weighted by Gasteiger charge is 2.15. The summed E-state index contributed by atoms with van der Waals surface area (Å²) in [6.07, 6.45) is 0. The normalized spacial score (nSPS) is 11.5. The number of amides is 1. The molecule has 1 amide bonds. The predicted molar refractivity (Wildman–Crippen MR) is 105 cm³/mol. The van der Waals surface area contributed by atoms with E-state index in [9.17, 15) is 14.9 Å². The van der Waals surface area contributed by atoms with Gasteiger partial charge < -0.3 is 14.8 Å². The summed E-state index contributed by atoms with van der Waals surface area (Å²) in [5.41, 5.74) is 1.83. The van der Waals surface area contributed by atoms with Crippen LogP contribution in [0.4, 0.5) is 5.69 Å². The van der Waals surface area contributed by atoms with Crippen LogP contribution < -0.4 is 14.8 Å². The number of carbonyl (C=O) groups is 1.